The molecule has 0 aliphatic carbocycles. The van der Waals surface area contributed by atoms with Crippen molar-refractivity contribution in [3.05, 3.63) is 0 Å². The highest BCUT2D eigenvalue weighted by Gasteiger charge is 2.35. The van der Waals surface area contributed by atoms with E-state index in [0.29, 0.717) is 11.5 Å². The highest BCUT2D eigenvalue weighted by Crippen LogP contribution is 2.29. The fourth-order valence-corrected chi connectivity index (χ4v) is 3.50. The van der Waals surface area contributed by atoms with Gasteiger partial charge in [0.05, 0.1) is 11.7 Å². The van der Waals surface area contributed by atoms with Crippen molar-refractivity contribution in [2.24, 2.45) is 5.41 Å². The number of hydrogen-bond acceptors (Lipinski definition) is 3. The fourth-order valence-electron chi connectivity index (χ4n) is 3.50. The molecule has 2 heterocycles. The van der Waals surface area contributed by atoms with Crippen LogP contribution in [0.4, 0.5) is 0 Å². The van der Waals surface area contributed by atoms with Gasteiger partial charge in [0.2, 0.25) is 0 Å². The first-order valence-corrected chi connectivity index (χ1v) is 7.00. The molecule has 2 fully saturated rings. The summed E-state index contributed by atoms with van der Waals surface area (Å²) in [6.45, 7) is 14.7. The lowest BCUT2D eigenvalue weighted by molar-refractivity contribution is -0.135. The lowest BCUT2D eigenvalue weighted by Crippen LogP contribution is -2.55. The van der Waals surface area contributed by atoms with Crippen molar-refractivity contribution >= 4 is 0 Å². The van der Waals surface area contributed by atoms with E-state index in [1.807, 2.05) is 0 Å². The number of morpholine rings is 1. The number of hydrogen-bond donors (Lipinski definition) is 1. The van der Waals surface area contributed by atoms with Gasteiger partial charge in [0.25, 0.3) is 0 Å². The van der Waals surface area contributed by atoms with Crippen LogP contribution in [0.3, 0.4) is 0 Å². The van der Waals surface area contributed by atoms with E-state index in [4.69, 9.17) is 4.74 Å². The number of piperidine rings is 1. The molecule has 100 valence electrons. The van der Waals surface area contributed by atoms with Crippen LogP contribution >= 0.6 is 0 Å². The zero-order valence-electron chi connectivity index (χ0n) is 11.9. The van der Waals surface area contributed by atoms with Gasteiger partial charge in [0.15, 0.2) is 0 Å². The van der Waals surface area contributed by atoms with Gasteiger partial charge in [-0.2, -0.15) is 0 Å². The van der Waals surface area contributed by atoms with Gasteiger partial charge in [-0.15, -0.1) is 0 Å². The Morgan fingerprint density at radius 3 is 2.71 bits per heavy atom. The summed E-state index contributed by atoms with van der Waals surface area (Å²) in [5.41, 5.74) is 0.460. The zero-order chi connectivity index (χ0) is 12.5. The molecule has 0 saturated carbocycles. The van der Waals surface area contributed by atoms with Crippen molar-refractivity contribution in [2.75, 3.05) is 32.7 Å². The second kappa shape index (κ2) is 4.87. The van der Waals surface area contributed by atoms with Crippen LogP contribution in [-0.2, 0) is 4.74 Å². The highest BCUT2D eigenvalue weighted by molar-refractivity contribution is 4.89. The zero-order valence-corrected chi connectivity index (χ0v) is 11.9. The van der Waals surface area contributed by atoms with E-state index in [1.165, 1.54) is 32.5 Å². The van der Waals surface area contributed by atoms with E-state index in [-0.39, 0.29) is 5.60 Å². The van der Waals surface area contributed by atoms with Crippen molar-refractivity contribution in [3.63, 3.8) is 0 Å². The Labute approximate surface area is 106 Å². The molecule has 0 aromatic carbocycles. The van der Waals surface area contributed by atoms with Crippen LogP contribution < -0.4 is 5.32 Å². The predicted octanol–water partition coefficient (Wildman–Crippen LogP) is 1.88. The average Bonchev–Trinajstić information content (AvgIpc) is 2.13. The van der Waals surface area contributed by atoms with Gasteiger partial charge in [0.1, 0.15) is 0 Å². The molecule has 3 heteroatoms. The Morgan fingerprint density at radius 2 is 2.12 bits per heavy atom. The van der Waals surface area contributed by atoms with Crippen LogP contribution in [0, 0.1) is 5.41 Å². The molecule has 2 unspecified atom stereocenters. The van der Waals surface area contributed by atoms with Gasteiger partial charge in [-0.1, -0.05) is 6.92 Å². The second-order valence-electron chi connectivity index (χ2n) is 6.95. The summed E-state index contributed by atoms with van der Waals surface area (Å²) in [5.74, 6) is 0. The second-order valence-corrected chi connectivity index (χ2v) is 6.95. The minimum atomic E-state index is 0.0100. The lowest BCUT2D eigenvalue weighted by atomic mass is 9.82. The summed E-state index contributed by atoms with van der Waals surface area (Å²) in [6.07, 6.45) is 3.03. The normalized spacial score (nSPS) is 39.2. The van der Waals surface area contributed by atoms with Crippen LogP contribution in [0.2, 0.25) is 0 Å². The summed E-state index contributed by atoms with van der Waals surface area (Å²) in [7, 11) is 0. The summed E-state index contributed by atoms with van der Waals surface area (Å²) in [4.78, 5) is 2.60. The Morgan fingerprint density at radius 1 is 1.35 bits per heavy atom. The van der Waals surface area contributed by atoms with Crippen molar-refractivity contribution in [1.82, 2.24) is 10.2 Å². The maximum atomic E-state index is 5.97. The lowest BCUT2D eigenvalue weighted by Gasteiger charge is -2.46. The number of rotatable bonds is 2. The standard InChI is InChI=1S/C14H28N2O/c1-12-8-16(10-13(2,3)17-12)11-14(4)6-5-7-15-9-14/h12,15H,5-11H2,1-4H3. The molecule has 1 N–H and O–H groups in total. The molecule has 2 saturated heterocycles. The molecule has 0 amide bonds. The molecule has 2 aliphatic rings. The molecule has 2 aliphatic heterocycles. The van der Waals surface area contributed by atoms with Crippen molar-refractivity contribution in [3.8, 4) is 0 Å². The van der Waals surface area contributed by atoms with Gasteiger partial charge in [-0.3, -0.25) is 4.90 Å². The third kappa shape index (κ3) is 3.67. The quantitative estimate of drug-likeness (QED) is 0.797. The first-order chi connectivity index (χ1) is 7.89. The largest absolute Gasteiger partial charge is 0.370 e. The molecule has 17 heavy (non-hydrogen) atoms. The fraction of sp³-hybridized carbons (Fsp3) is 1.00. The van der Waals surface area contributed by atoms with Crippen molar-refractivity contribution in [2.45, 2.75) is 52.2 Å². The minimum Gasteiger partial charge on any atom is -0.370 e. The maximum Gasteiger partial charge on any atom is 0.0757 e. The van der Waals surface area contributed by atoms with Crippen LogP contribution in [0.1, 0.15) is 40.5 Å². The number of nitrogens with zero attached hydrogens (tertiary/aromatic N) is 1. The molecule has 0 spiro atoms. The molecule has 0 radical (unpaired) electrons. The number of ether oxygens (including phenoxy) is 1. The molecule has 3 nitrogen and oxygen atoms in total. The van der Waals surface area contributed by atoms with Gasteiger partial charge >= 0.3 is 0 Å². The van der Waals surface area contributed by atoms with E-state index in [2.05, 4.69) is 37.9 Å². The van der Waals surface area contributed by atoms with Crippen LogP contribution in [0.5, 0.6) is 0 Å². The Kier molecular flexibility index (Phi) is 3.81. The van der Waals surface area contributed by atoms with Crippen molar-refractivity contribution in [1.29, 1.82) is 0 Å². The Hall–Kier alpha value is -0.120. The third-order valence-corrected chi connectivity index (χ3v) is 3.93. The van der Waals surface area contributed by atoms with Gasteiger partial charge in [0, 0.05) is 26.2 Å². The molecule has 0 aromatic rings. The van der Waals surface area contributed by atoms with E-state index in [1.54, 1.807) is 0 Å². The molecular formula is C14H28N2O. The molecule has 0 aromatic heterocycles. The van der Waals surface area contributed by atoms with Crippen LogP contribution in [0.15, 0.2) is 0 Å². The van der Waals surface area contributed by atoms with Gasteiger partial charge in [-0.05, 0) is 45.6 Å². The first kappa shape index (κ1) is 13.3. The smallest absolute Gasteiger partial charge is 0.0757 e. The third-order valence-electron chi connectivity index (χ3n) is 3.93. The van der Waals surface area contributed by atoms with E-state index in [9.17, 15) is 0 Å². The molecule has 0 bridgehead atoms. The molecular weight excluding hydrogens is 212 g/mol. The average molecular weight is 240 g/mol. The van der Waals surface area contributed by atoms with Crippen LogP contribution in [0.25, 0.3) is 0 Å². The Balaban J connectivity index is 1.93. The highest BCUT2D eigenvalue weighted by atomic mass is 16.5. The van der Waals surface area contributed by atoms with Gasteiger partial charge < -0.3 is 10.1 Å². The maximum absolute atomic E-state index is 5.97. The summed E-state index contributed by atoms with van der Waals surface area (Å²) >= 11 is 0. The minimum absolute atomic E-state index is 0.0100. The monoisotopic (exact) mass is 240 g/mol. The number of nitrogens with one attached hydrogen (secondary N) is 1. The topological polar surface area (TPSA) is 24.5 Å². The van der Waals surface area contributed by atoms with E-state index in [0.717, 1.165) is 13.1 Å². The predicted molar refractivity (Wildman–Crippen MR) is 71.3 cm³/mol. The SMILES string of the molecule is CC1CN(CC2(C)CCCNC2)CC(C)(C)O1. The summed E-state index contributed by atoms with van der Waals surface area (Å²) in [5, 5.41) is 3.54. The van der Waals surface area contributed by atoms with Gasteiger partial charge in [-0.25, -0.2) is 0 Å². The Bertz CT molecular complexity index is 259. The first-order valence-electron chi connectivity index (χ1n) is 7.00. The van der Waals surface area contributed by atoms with Crippen LogP contribution in [-0.4, -0.2) is 49.3 Å². The molecule has 2 rings (SSSR count). The summed E-state index contributed by atoms with van der Waals surface area (Å²) in [6, 6.07) is 0. The van der Waals surface area contributed by atoms with E-state index >= 15 is 0 Å². The van der Waals surface area contributed by atoms with Crippen molar-refractivity contribution < 1.29 is 4.74 Å². The molecule has 2 atom stereocenters. The van der Waals surface area contributed by atoms with E-state index < -0.39 is 0 Å². The summed E-state index contributed by atoms with van der Waals surface area (Å²) < 4.78 is 5.97.